The van der Waals surface area contributed by atoms with Crippen molar-refractivity contribution in [2.45, 2.75) is 33.8 Å². The number of rotatable bonds is 5. The minimum atomic E-state index is -0.385. The minimum Gasteiger partial charge on any atom is -0.459 e. The lowest BCUT2D eigenvalue weighted by Gasteiger charge is -2.12. The monoisotopic (exact) mass is 408 g/mol. The van der Waals surface area contributed by atoms with Crippen LogP contribution in [0.3, 0.4) is 0 Å². The van der Waals surface area contributed by atoms with Gasteiger partial charge in [0, 0.05) is 6.54 Å². The maximum absolute atomic E-state index is 12.8. The van der Waals surface area contributed by atoms with Crippen LogP contribution in [0.2, 0.25) is 0 Å². The van der Waals surface area contributed by atoms with Crippen molar-refractivity contribution in [3.8, 4) is 0 Å². The van der Waals surface area contributed by atoms with Crippen LogP contribution < -0.4 is 0 Å². The fourth-order valence-corrected chi connectivity index (χ4v) is 3.84. The molecule has 1 aliphatic rings. The molecule has 29 heavy (non-hydrogen) atoms. The number of amidine groups is 1. The first-order valence-electron chi connectivity index (χ1n) is 9.55. The van der Waals surface area contributed by atoms with E-state index in [4.69, 9.17) is 4.74 Å². The summed E-state index contributed by atoms with van der Waals surface area (Å²) in [7, 11) is 0. The number of esters is 1. The van der Waals surface area contributed by atoms with Crippen molar-refractivity contribution in [3.05, 3.63) is 70.1 Å². The van der Waals surface area contributed by atoms with Crippen LogP contribution in [0.4, 0.5) is 5.69 Å². The number of carbonyl (C=O) groups is 2. The van der Waals surface area contributed by atoms with E-state index in [0.29, 0.717) is 27.9 Å². The molecule has 0 aromatic heterocycles. The number of thioether (sulfide) groups is 1. The van der Waals surface area contributed by atoms with Gasteiger partial charge in [-0.25, -0.2) is 9.79 Å². The van der Waals surface area contributed by atoms with E-state index in [9.17, 15) is 9.59 Å². The zero-order chi connectivity index (χ0) is 21.0. The highest BCUT2D eigenvalue weighted by atomic mass is 32.2. The largest absolute Gasteiger partial charge is 0.459 e. The van der Waals surface area contributed by atoms with Crippen LogP contribution in [0.5, 0.6) is 0 Å². The maximum atomic E-state index is 12.8. The molecule has 0 N–H and O–H groups in total. The number of aliphatic imine (C=N–C) groups is 1. The Hall–Kier alpha value is -2.86. The van der Waals surface area contributed by atoms with E-state index < -0.39 is 0 Å². The standard InChI is InChI=1S/C23H24N2O3S/c1-5-25-21(26)20(13-17-11-9-16(4)10-12-17)29-23(25)24-19-8-6-7-18(14-19)22(27)28-15(2)3/h6-15H,5H2,1-4H3/b20-13+,24-23?. The Morgan fingerprint density at radius 3 is 2.59 bits per heavy atom. The summed E-state index contributed by atoms with van der Waals surface area (Å²) in [6.45, 7) is 8.08. The average molecular weight is 409 g/mol. The lowest BCUT2D eigenvalue weighted by molar-refractivity contribution is -0.122. The van der Waals surface area contributed by atoms with Gasteiger partial charge in [0.05, 0.1) is 22.3 Å². The Morgan fingerprint density at radius 2 is 1.93 bits per heavy atom. The van der Waals surface area contributed by atoms with Crippen LogP contribution in [0, 0.1) is 6.92 Å². The van der Waals surface area contributed by atoms with Crippen LogP contribution in [0.25, 0.3) is 6.08 Å². The van der Waals surface area contributed by atoms with E-state index >= 15 is 0 Å². The molecule has 0 atom stereocenters. The first-order chi connectivity index (χ1) is 13.9. The van der Waals surface area contributed by atoms with Gasteiger partial charge in [-0.3, -0.25) is 9.69 Å². The molecule has 5 nitrogen and oxygen atoms in total. The molecule has 1 heterocycles. The zero-order valence-corrected chi connectivity index (χ0v) is 17.8. The van der Waals surface area contributed by atoms with Crippen LogP contribution in [0.1, 0.15) is 42.3 Å². The highest BCUT2D eigenvalue weighted by Gasteiger charge is 2.32. The predicted molar refractivity (Wildman–Crippen MR) is 118 cm³/mol. The lowest BCUT2D eigenvalue weighted by Crippen LogP contribution is -2.28. The number of likely N-dealkylation sites (N-methyl/N-ethyl adjacent to an activating group) is 1. The van der Waals surface area contributed by atoms with Crippen LogP contribution in [0.15, 0.2) is 58.4 Å². The van der Waals surface area contributed by atoms with Crippen molar-refractivity contribution >= 4 is 40.6 Å². The van der Waals surface area contributed by atoms with E-state index in [1.165, 1.54) is 17.3 Å². The van der Waals surface area contributed by atoms with Crippen molar-refractivity contribution in [1.82, 2.24) is 4.90 Å². The highest BCUT2D eigenvalue weighted by molar-refractivity contribution is 8.18. The van der Waals surface area contributed by atoms with Gasteiger partial charge in [-0.2, -0.15) is 0 Å². The van der Waals surface area contributed by atoms with E-state index in [-0.39, 0.29) is 18.0 Å². The summed E-state index contributed by atoms with van der Waals surface area (Å²) in [5, 5.41) is 0.602. The Morgan fingerprint density at radius 1 is 1.21 bits per heavy atom. The summed E-state index contributed by atoms with van der Waals surface area (Å²) in [4.78, 5) is 31.8. The third kappa shape index (κ3) is 5.15. The molecule has 0 bridgehead atoms. The molecule has 0 saturated carbocycles. The third-order valence-corrected chi connectivity index (χ3v) is 5.24. The normalized spacial score (nSPS) is 16.9. The Bertz CT molecular complexity index is 978. The number of nitrogens with zero attached hydrogens (tertiary/aromatic N) is 2. The number of hydrogen-bond acceptors (Lipinski definition) is 5. The van der Waals surface area contributed by atoms with Crippen molar-refractivity contribution in [2.75, 3.05) is 6.54 Å². The smallest absolute Gasteiger partial charge is 0.338 e. The summed E-state index contributed by atoms with van der Waals surface area (Å²) < 4.78 is 5.25. The molecule has 1 fully saturated rings. The predicted octanol–water partition coefficient (Wildman–Crippen LogP) is 5.18. The molecule has 1 saturated heterocycles. The van der Waals surface area contributed by atoms with E-state index in [0.717, 1.165) is 5.56 Å². The van der Waals surface area contributed by atoms with E-state index in [1.807, 2.05) is 58.0 Å². The summed E-state index contributed by atoms with van der Waals surface area (Å²) in [6.07, 6.45) is 1.69. The van der Waals surface area contributed by atoms with Crippen LogP contribution in [-0.4, -0.2) is 34.6 Å². The van der Waals surface area contributed by atoms with Gasteiger partial charge in [0.25, 0.3) is 5.91 Å². The van der Waals surface area contributed by atoms with Gasteiger partial charge in [-0.15, -0.1) is 0 Å². The number of aryl methyl sites for hydroxylation is 1. The SMILES string of the molecule is CCN1C(=O)/C(=C\c2ccc(C)cc2)SC1=Nc1cccc(C(=O)OC(C)C)c1. The van der Waals surface area contributed by atoms with Crippen molar-refractivity contribution in [3.63, 3.8) is 0 Å². The van der Waals surface area contributed by atoms with Crippen molar-refractivity contribution in [1.29, 1.82) is 0 Å². The summed E-state index contributed by atoms with van der Waals surface area (Å²) >= 11 is 1.34. The molecule has 3 rings (SSSR count). The second-order valence-electron chi connectivity index (χ2n) is 6.97. The van der Waals surface area contributed by atoms with Crippen LogP contribution in [-0.2, 0) is 9.53 Å². The summed E-state index contributed by atoms with van der Waals surface area (Å²) in [5.41, 5.74) is 3.19. The fraction of sp³-hybridized carbons (Fsp3) is 0.261. The molecule has 150 valence electrons. The molecule has 2 aromatic rings. The Labute approximate surface area is 175 Å². The van der Waals surface area contributed by atoms with Crippen LogP contribution >= 0.6 is 11.8 Å². The van der Waals surface area contributed by atoms with Gasteiger partial charge < -0.3 is 4.74 Å². The van der Waals surface area contributed by atoms with Gasteiger partial charge in [0.2, 0.25) is 0 Å². The molecule has 6 heteroatoms. The maximum Gasteiger partial charge on any atom is 0.338 e. The fourth-order valence-electron chi connectivity index (χ4n) is 2.78. The van der Waals surface area contributed by atoms with Gasteiger partial charge in [0.15, 0.2) is 5.17 Å². The van der Waals surface area contributed by atoms with E-state index in [2.05, 4.69) is 4.99 Å². The second kappa shape index (κ2) is 9.09. The average Bonchev–Trinajstić information content (AvgIpc) is 2.97. The number of carbonyl (C=O) groups excluding carboxylic acids is 2. The third-order valence-electron chi connectivity index (χ3n) is 4.23. The molecule has 0 spiro atoms. The van der Waals surface area contributed by atoms with Gasteiger partial charge >= 0.3 is 5.97 Å². The molecular weight excluding hydrogens is 384 g/mol. The molecule has 0 unspecified atom stereocenters. The molecule has 2 aromatic carbocycles. The molecule has 0 aliphatic carbocycles. The highest BCUT2D eigenvalue weighted by Crippen LogP contribution is 2.34. The molecule has 1 amide bonds. The van der Waals surface area contributed by atoms with Crippen molar-refractivity contribution < 1.29 is 14.3 Å². The van der Waals surface area contributed by atoms with Crippen molar-refractivity contribution in [2.24, 2.45) is 4.99 Å². The Kier molecular flexibility index (Phi) is 6.54. The van der Waals surface area contributed by atoms with Gasteiger partial charge in [-0.1, -0.05) is 35.9 Å². The van der Waals surface area contributed by atoms with Gasteiger partial charge in [0.1, 0.15) is 0 Å². The summed E-state index contributed by atoms with van der Waals surface area (Å²) in [5.74, 6) is -0.447. The summed E-state index contributed by atoms with van der Waals surface area (Å²) in [6, 6.07) is 15.0. The van der Waals surface area contributed by atoms with Gasteiger partial charge in [-0.05, 0) is 69.3 Å². The zero-order valence-electron chi connectivity index (χ0n) is 17.0. The topological polar surface area (TPSA) is 59.0 Å². The minimum absolute atomic E-state index is 0.0628. The lowest BCUT2D eigenvalue weighted by atomic mass is 10.1. The first kappa shape index (κ1) is 20.9. The Balaban J connectivity index is 1.88. The number of amides is 1. The first-order valence-corrected chi connectivity index (χ1v) is 10.4. The molecule has 1 aliphatic heterocycles. The molecular formula is C23H24N2O3S. The quantitative estimate of drug-likeness (QED) is 0.505. The van der Waals surface area contributed by atoms with E-state index in [1.54, 1.807) is 29.2 Å². The number of benzene rings is 2. The number of hydrogen-bond donors (Lipinski definition) is 0. The molecule has 0 radical (unpaired) electrons. The number of ether oxygens (including phenoxy) is 1. The second-order valence-corrected chi connectivity index (χ2v) is 7.98.